The Morgan fingerprint density at radius 3 is 2.46 bits per heavy atom. The number of hydrogen-bond donors (Lipinski definition) is 2. The monoisotopic (exact) mass is 182 g/mol. The Morgan fingerprint density at radius 2 is 2.00 bits per heavy atom. The summed E-state index contributed by atoms with van der Waals surface area (Å²) in [5.74, 6) is 2.43. The second-order valence-corrected chi connectivity index (χ2v) is 5.14. The van der Waals surface area contributed by atoms with E-state index in [-0.39, 0.29) is 5.66 Å². The van der Waals surface area contributed by atoms with Crippen molar-refractivity contribution in [1.82, 2.24) is 0 Å². The topological polar surface area (TPSA) is 52.0 Å². The molecule has 2 rings (SSSR count). The fourth-order valence-electron chi connectivity index (χ4n) is 3.52. The molecule has 0 spiro atoms. The van der Waals surface area contributed by atoms with Gasteiger partial charge in [-0.1, -0.05) is 19.8 Å². The summed E-state index contributed by atoms with van der Waals surface area (Å²) in [6, 6.07) is 0. The highest BCUT2D eigenvalue weighted by Crippen LogP contribution is 2.51. The van der Waals surface area contributed by atoms with Gasteiger partial charge in [0.05, 0.1) is 5.66 Å². The van der Waals surface area contributed by atoms with Gasteiger partial charge in [-0.2, -0.15) is 0 Å². The fraction of sp³-hybridized carbons (Fsp3) is 1.00. The van der Waals surface area contributed by atoms with Gasteiger partial charge in [0, 0.05) is 0 Å². The molecule has 0 heterocycles. The molecule has 2 fully saturated rings. The number of nitrogens with two attached hydrogens (primary N) is 2. The van der Waals surface area contributed by atoms with Gasteiger partial charge in [0.2, 0.25) is 0 Å². The standard InChI is InChI=1S/C11H22N2/c1-2-5-11(12,13)10-7-8-3-4-9(10)6-8/h8-10H,2-7,12-13H2,1H3. The molecule has 4 N–H and O–H groups in total. The number of rotatable bonds is 3. The van der Waals surface area contributed by atoms with E-state index in [1.165, 1.54) is 25.7 Å². The van der Waals surface area contributed by atoms with Crippen LogP contribution in [0.2, 0.25) is 0 Å². The van der Waals surface area contributed by atoms with Crippen molar-refractivity contribution in [3.05, 3.63) is 0 Å². The molecule has 3 unspecified atom stereocenters. The van der Waals surface area contributed by atoms with Gasteiger partial charge >= 0.3 is 0 Å². The van der Waals surface area contributed by atoms with Gasteiger partial charge in [-0.05, 0) is 43.4 Å². The van der Waals surface area contributed by atoms with Gasteiger partial charge in [-0.25, -0.2) is 0 Å². The van der Waals surface area contributed by atoms with E-state index in [2.05, 4.69) is 6.92 Å². The highest BCUT2D eigenvalue weighted by molar-refractivity contribution is 4.99. The zero-order valence-electron chi connectivity index (χ0n) is 8.63. The smallest absolute Gasteiger partial charge is 0.0668 e. The van der Waals surface area contributed by atoms with Crippen LogP contribution in [0.1, 0.15) is 45.4 Å². The first-order valence-corrected chi connectivity index (χ1v) is 5.71. The third-order valence-electron chi connectivity index (χ3n) is 4.11. The van der Waals surface area contributed by atoms with Crippen LogP contribution in [0.5, 0.6) is 0 Å². The minimum Gasteiger partial charge on any atom is -0.313 e. The second-order valence-electron chi connectivity index (χ2n) is 5.14. The van der Waals surface area contributed by atoms with E-state index in [4.69, 9.17) is 11.5 Å². The lowest BCUT2D eigenvalue weighted by Crippen LogP contribution is -2.56. The largest absolute Gasteiger partial charge is 0.313 e. The molecule has 2 nitrogen and oxygen atoms in total. The highest BCUT2D eigenvalue weighted by Gasteiger charge is 2.46. The molecule has 76 valence electrons. The van der Waals surface area contributed by atoms with Gasteiger partial charge in [0.15, 0.2) is 0 Å². The van der Waals surface area contributed by atoms with Crippen molar-refractivity contribution in [1.29, 1.82) is 0 Å². The van der Waals surface area contributed by atoms with Crippen LogP contribution < -0.4 is 11.5 Å². The predicted molar refractivity (Wildman–Crippen MR) is 55.0 cm³/mol. The zero-order valence-corrected chi connectivity index (χ0v) is 8.63. The van der Waals surface area contributed by atoms with E-state index in [9.17, 15) is 0 Å². The minimum atomic E-state index is -0.366. The van der Waals surface area contributed by atoms with E-state index in [0.29, 0.717) is 5.92 Å². The molecule has 2 aliphatic carbocycles. The molecular weight excluding hydrogens is 160 g/mol. The van der Waals surface area contributed by atoms with Crippen LogP contribution in [0.4, 0.5) is 0 Å². The zero-order chi connectivity index (χ0) is 9.47. The van der Waals surface area contributed by atoms with Crippen molar-refractivity contribution in [2.75, 3.05) is 0 Å². The molecule has 0 amide bonds. The maximum Gasteiger partial charge on any atom is 0.0668 e. The quantitative estimate of drug-likeness (QED) is 0.654. The molecule has 0 aromatic heterocycles. The molecule has 13 heavy (non-hydrogen) atoms. The van der Waals surface area contributed by atoms with Crippen LogP contribution in [0, 0.1) is 17.8 Å². The summed E-state index contributed by atoms with van der Waals surface area (Å²) in [4.78, 5) is 0. The minimum absolute atomic E-state index is 0.366. The predicted octanol–water partition coefficient (Wildman–Crippen LogP) is 1.84. The van der Waals surface area contributed by atoms with Gasteiger partial charge in [0.25, 0.3) is 0 Å². The Hall–Kier alpha value is -0.0800. The lowest BCUT2D eigenvalue weighted by Gasteiger charge is -2.36. The second kappa shape index (κ2) is 3.25. The Morgan fingerprint density at radius 1 is 1.23 bits per heavy atom. The average Bonchev–Trinajstić information content (AvgIpc) is 2.63. The molecule has 2 bridgehead atoms. The van der Waals surface area contributed by atoms with Gasteiger partial charge in [-0.15, -0.1) is 0 Å². The highest BCUT2D eigenvalue weighted by atomic mass is 15.0. The Bertz CT molecular complexity index is 189. The summed E-state index contributed by atoms with van der Waals surface area (Å²) in [7, 11) is 0. The maximum absolute atomic E-state index is 6.20. The molecule has 2 aliphatic rings. The van der Waals surface area contributed by atoms with Crippen molar-refractivity contribution in [2.45, 2.75) is 51.1 Å². The summed E-state index contributed by atoms with van der Waals surface area (Å²) >= 11 is 0. The van der Waals surface area contributed by atoms with E-state index in [1.807, 2.05) is 0 Å². The maximum atomic E-state index is 6.20. The van der Waals surface area contributed by atoms with Crippen molar-refractivity contribution in [3.8, 4) is 0 Å². The van der Waals surface area contributed by atoms with Crippen LogP contribution in [-0.4, -0.2) is 5.66 Å². The summed E-state index contributed by atoms with van der Waals surface area (Å²) in [6.07, 6.45) is 7.63. The molecule has 2 saturated carbocycles. The first-order chi connectivity index (χ1) is 6.13. The third kappa shape index (κ3) is 1.62. The van der Waals surface area contributed by atoms with Crippen LogP contribution in [0.15, 0.2) is 0 Å². The Kier molecular flexibility index (Phi) is 2.37. The first-order valence-electron chi connectivity index (χ1n) is 5.71. The number of fused-ring (bicyclic) bond motifs is 2. The summed E-state index contributed by atoms with van der Waals surface area (Å²) in [6.45, 7) is 2.17. The number of hydrogen-bond acceptors (Lipinski definition) is 2. The molecule has 0 aromatic rings. The molecule has 2 heteroatoms. The fourth-order valence-corrected chi connectivity index (χ4v) is 3.52. The van der Waals surface area contributed by atoms with Crippen molar-refractivity contribution >= 4 is 0 Å². The lowest BCUT2D eigenvalue weighted by atomic mass is 9.78. The summed E-state index contributed by atoms with van der Waals surface area (Å²) < 4.78 is 0. The summed E-state index contributed by atoms with van der Waals surface area (Å²) in [5, 5.41) is 0. The molecule has 0 radical (unpaired) electrons. The van der Waals surface area contributed by atoms with Crippen molar-refractivity contribution in [3.63, 3.8) is 0 Å². The van der Waals surface area contributed by atoms with Crippen LogP contribution in [-0.2, 0) is 0 Å². The van der Waals surface area contributed by atoms with Gasteiger partial charge in [-0.3, -0.25) is 0 Å². The lowest BCUT2D eigenvalue weighted by molar-refractivity contribution is 0.179. The SMILES string of the molecule is CCCC(N)(N)C1CC2CCC1C2. The van der Waals surface area contributed by atoms with Gasteiger partial charge in [0.1, 0.15) is 0 Å². The first kappa shape index (κ1) is 9.47. The molecule has 3 atom stereocenters. The molecule has 0 saturated heterocycles. The third-order valence-corrected chi connectivity index (χ3v) is 4.11. The average molecular weight is 182 g/mol. The van der Waals surface area contributed by atoms with Crippen LogP contribution in [0.3, 0.4) is 0 Å². The molecule has 0 aliphatic heterocycles. The molecular formula is C11H22N2. The van der Waals surface area contributed by atoms with Crippen molar-refractivity contribution < 1.29 is 0 Å². The Balaban J connectivity index is 2.01. The van der Waals surface area contributed by atoms with E-state index >= 15 is 0 Å². The van der Waals surface area contributed by atoms with E-state index < -0.39 is 0 Å². The van der Waals surface area contributed by atoms with Crippen LogP contribution in [0.25, 0.3) is 0 Å². The van der Waals surface area contributed by atoms with E-state index in [1.54, 1.807) is 0 Å². The van der Waals surface area contributed by atoms with Gasteiger partial charge < -0.3 is 11.5 Å². The van der Waals surface area contributed by atoms with Crippen LogP contribution >= 0.6 is 0 Å². The normalized spacial score (nSPS) is 38.5. The Labute approximate surface area is 81.1 Å². The molecule has 0 aromatic carbocycles. The van der Waals surface area contributed by atoms with Crippen molar-refractivity contribution in [2.24, 2.45) is 29.2 Å². The summed E-state index contributed by atoms with van der Waals surface area (Å²) in [5.41, 5.74) is 12.0. The van der Waals surface area contributed by atoms with E-state index in [0.717, 1.165) is 24.7 Å².